The Morgan fingerprint density at radius 2 is 2.33 bits per heavy atom. The summed E-state index contributed by atoms with van der Waals surface area (Å²) in [4.78, 5) is 19.0. The molecule has 0 fully saturated rings. The van der Waals surface area contributed by atoms with E-state index < -0.39 is 11.9 Å². The van der Waals surface area contributed by atoms with Gasteiger partial charge in [-0.15, -0.1) is 0 Å². The fraction of sp³-hybridized carbons (Fsp3) is 0. The number of primary amides is 1. The summed E-state index contributed by atoms with van der Waals surface area (Å²) in [6.45, 7) is 0. The molecular weight excluding hydrogens is 86.0 g/mol. The van der Waals surface area contributed by atoms with Crippen LogP contribution in [0.2, 0.25) is 1.41 Å². The topological polar surface area (TPSA) is 80.4 Å². The predicted octanol–water partition coefficient (Wildman–Crippen LogP) is -1.44. The Hall–Kier alpha value is -1.06. The molecule has 6 heavy (non-hydrogen) atoms. The molecule has 34 valence electrons. The number of carbonyl (C=O) groups is 2. The lowest BCUT2D eigenvalue weighted by atomic mass is 10.7. The lowest BCUT2D eigenvalue weighted by molar-refractivity contribution is -0.148. The fourth-order valence-corrected chi connectivity index (χ4v) is 0. The third kappa shape index (κ3) is 1.28. The van der Waals surface area contributed by atoms with Crippen molar-refractivity contribution in [1.82, 2.24) is 0 Å². The van der Waals surface area contributed by atoms with Crippen molar-refractivity contribution in [2.24, 2.45) is 5.73 Å². The van der Waals surface area contributed by atoms with E-state index in [2.05, 4.69) is 0 Å². The van der Waals surface area contributed by atoms with E-state index in [-0.39, 0.29) is 0 Å². The number of carboxylic acid groups (broad SMARTS) is 1. The first-order valence-corrected chi connectivity index (χ1v) is 1.13. The Balaban J connectivity index is 3.58. The molecule has 4 nitrogen and oxygen atoms in total. The Bertz CT molecular complexity index is 101. The largest absolute Gasteiger partial charge is 0.474 e. The summed E-state index contributed by atoms with van der Waals surface area (Å²) in [6.07, 6.45) is 0. The van der Waals surface area contributed by atoms with Crippen LogP contribution in [0.25, 0.3) is 0 Å². The van der Waals surface area contributed by atoms with E-state index in [0.29, 0.717) is 0 Å². The van der Waals surface area contributed by atoms with E-state index in [0.717, 1.165) is 0 Å². The number of aliphatic carboxylic acids is 1. The van der Waals surface area contributed by atoms with E-state index >= 15 is 0 Å². The van der Waals surface area contributed by atoms with Crippen molar-refractivity contribution in [3.05, 3.63) is 0 Å². The molecule has 0 aromatic heterocycles. The molecule has 3 N–H and O–H groups in total. The highest BCUT2D eigenvalue weighted by Crippen LogP contribution is 1.51. The molecule has 0 radical (unpaired) electrons. The van der Waals surface area contributed by atoms with Crippen LogP contribution >= 0.6 is 0 Å². The smallest absolute Gasteiger partial charge is 0.394 e. The molecule has 0 aliphatic heterocycles. The molecule has 0 heterocycles. The molecule has 0 aromatic rings. The van der Waals surface area contributed by atoms with Gasteiger partial charge in [-0.25, -0.2) is 4.79 Å². The maximum absolute atomic E-state index is 9.61. The molecule has 0 saturated heterocycles. The Morgan fingerprint density at radius 3 is 2.33 bits per heavy atom. The van der Waals surface area contributed by atoms with Gasteiger partial charge in [0.05, 0.1) is 0 Å². The predicted molar refractivity (Wildman–Crippen MR) is 16.8 cm³/mol. The van der Waals surface area contributed by atoms with Gasteiger partial charge in [0.2, 0.25) is 0 Å². The minimum absolute atomic E-state index is 1.18. The summed E-state index contributed by atoms with van der Waals surface area (Å²) in [5, 5.41) is 7.65. The van der Waals surface area contributed by atoms with Gasteiger partial charge in [0.25, 0.3) is 0 Å². The molecule has 0 unspecified atom stereocenters. The van der Waals surface area contributed by atoms with Gasteiger partial charge in [-0.1, -0.05) is 0 Å². The maximum Gasteiger partial charge on any atom is 0.394 e. The first-order chi connectivity index (χ1) is 3.18. The van der Waals surface area contributed by atoms with Crippen LogP contribution < -0.4 is 5.73 Å². The zero-order valence-corrected chi connectivity index (χ0v) is 2.76. The van der Waals surface area contributed by atoms with Gasteiger partial charge in [-0.2, -0.15) is 0 Å². The van der Waals surface area contributed by atoms with E-state index in [1.807, 2.05) is 0 Å². The van der Waals surface area contributed by atoms with Crippen LogP contribution in [0, 0.1) is 0 Å². The number of rotatable bonds is 0. The normalized spacial score (nSPS) is 9.00. The second-order valence-corrected chi connectivity index (χ2v) is 0.634. The molecule has 0 aliphatic carbocycles. The second-order valence-electron chi connectivity index (χ2n) is 0.634. The highest BCUT2D eigenvalue weighted by molar-refractivity contribution is 6.30. The molecule has 0 bridgehead atoms. The van der Waals surface area contributed by atoms with Gasteiger partial charge in [0.15, 0.2) is 1.41 Å². The Morgan fingerprint density at radius 1 is 1.83 bits per heavy atom. The van der Waals surface area contributed by atoms with Gasteiger partial charge in [0.1, 0.15) is 0 Å². The minimum Gasteiger partial charge on any atom is -0.474 e. The highest BCUT2D eigenvalue weighted by Gasteiger charge is 2.00. The lowest BCUT2D eigenvalue weighted by Gasteiger charge is -1.74. The van der Waals surface area contributed by atoms with Crippen LogP contribution in [0.15, 0.2) is 0 Å². The minimum atomic E-state index is -1.64. The van der Waals surface area contributed by atoms with Crippen molar-refractivity contribution in [2.75, 3.05) is 0 Å². The van der Waals surface area contributed by atoms with Crippen molar-refractivity contribution in [3.63, 3.8) is 0 Å². The van der Waals surface area contributed by atoms with Crippen LogP contribution in [0.5, 0.6) is 0 Å². The average Bonchev–Trinajstić information content (AvgIpc) is 1.65. The number of carbonyl (C=O) groups excluding carboxylic acids is 1. The summed E-state index contributed by atoms with van der Waals surface area (Å²) >= 11 is 0. The fourth-order valence-electron chi connectivity index (χ4n) is 0. The lowest BCUT2D eigenvalue weighted by Crippen LogP contribution is -2.21. The third-order valence-corrected chi connectivity index (χ3v) is 0.194. The quantitative estimate of drug-likeness (QED) is 0.357. The van der Waals surface area contributed by atoms with Crippen molar-refractivity contribution in [2.45, 2.75) is 0 Å². The molecule has 0 rings (SSSR count). The van der Waals surface area contributed by atoms with Crippen molar-refractivity contribution < 1.29 is 16.1 Å². The summed E-state index contributed by atoms with van der Waals surface area (Å²) < 4.78 is 5.96. The number of amides is 1. The van der Waals surface area contributed by atoms with E-state index in [4.69, 9.17) is 6.52 Å². The molecule has 1 amide bonds. The first kappa shape index (κ1) is 3.14. The number of hydrogen-bond acceptors (Lipinski definition) is 2. The SMILES string of the molecule is [2H]NC(=O)C(=O)O. The third-order valence-electron chi connectivity index (χ3n) is 0.194. The average molecular weight is 90.1 g/mol. The van der Waals surface area contributed by atoms with Crippen LogP contribution in [0.4, 0.5) is 0 Å². The number of carboxylic acids is 1. The second kappa shape index (κ2) is 1.40. The summed E-state index contributed by atoms with van der Waals surface area (Å²) in [7, 11) is 0. The Labute approximate surface area is 35.0 Å². The number of nitrogens with two attached hydrogens (primary N) is 1. The molecule has 4 heteroatoms. The van der Waals surface area contributed by atoms with E-state index in [1.54, 1.807) is 0 Å². The molecule has 0 atom stereocenters. The maximum atomic E-state index is 9.61. The first-order valence-electron chi connectivity index (χ1n) is 1.63. The van der Waals surface area contributed by atoms with Crippen LogP contribution in [0.1, 0.15) is 0 Å². The van der Waals surface area contributed by atoms with Gasteiger partial charge >= 0.3 is 11.9 Å². The van der Waals surface area contributed by atoms with Gasteiger partial charge in [0, 0.05) is 0 Å². The summed E-state index contributed by atoms with van der Waals surface area (Å²) in [5.41, 5.74) is 1.18. The van der Waals surface area contributed by atoms with E-state index in [1.165, 1.54) is 5.73 Å². The molecule has 0 spiro atoms. The van der Waals surface area contributed by atoms with Crippen molar-refractivity contribution >= 4 is 11.9 Å². The van der Waals surface area contributed by atoms with E-state index in [9.17, 15) is 9.59 Å². The summed E-state index contributed by atoms with van der Waals surface area (Å²) in [5.74, 6) is -2.96. The van der Waals surface area contributed by atoms with Crippen LogP contribution in [-0.2, 0) is 9.59 Å². The Kier molecular flexibility index (Phi) is 0.731. The van der Waals surface area contributed by atoms with Gasteiger partial charge < -0.3 is 10.8 Å². The highest BCUT2D eigenvalue weighted by atomic mass is 16.4. The van der Waals surface area contributed by atoms with Crippen molar-refractivity contribution in [1.29, 1.82) is 0 Å². The molecule has 0 aliphatic rings. The monoisotopic (exact) mass is 90.0 g/mol. The standard InChI is InChI=1S/C2H3NO3/c3-1(4)2(5)6/h(H2,3,4)(H,5,6)/i/hD. The zero-order valence-electron chi connectivity index (χ0n) is 3.76. The molecular formula is C2H3NO3. The molecule has 0 aromatic carbocycles. The van der Waals surface area contributed by atoms with Crippen molar-refractivity contribution in [3.8, 4) is 0 Å². The zero-order chi connectivity index (χ0) is 5.86. The van der Waals surface area contributed by atoms with Gasteiger partial charge in [-0.05, 0) is 0 Å². The summed E-state index contributed by atoms with van der Waals surface area (Å²) in [6, 6.07) is 0. The molecule has 0 saturated carbocycles. The van der Waals surface area contributed by atoms with Gasteiger partial charge in [-0.3, -0.25) is 4.79 Å². The van der Waals surface area contributed by atoms with Crippen LogP contribution in [0.3, 0.4) is 0 Å². The van der Waals surface area contributed by atoms with Crippen LogP contribution in [-0.4, -0.2) is 17.0 Å². The number of hydrogen-bond donors (Lipinski definition) is 2.